The van der Waals surface area contributed by atoms with E-state index < -0.39 is 0 Å². The second kappa shape index (κ2) is 6.10. The summed E-state index contributed by atoms with van der Waals surface area (Å²) < 4.78 is 0. The number of hydrogen-bond donors (Lipinski definition) is 1. The Kier molecular flexibility index (Phi) is 4.15. The fourth-order valence-electron chi connectivity index (χ4n) is 2.31. The molecule has 6 heteroatoms. The minimum Gasteiger partial charge on any atom is -0.399 e. The molecule has 1 aliphatic heterocycles. The van der Waals surface area contributed by atoms with Crippen LogP contribution in [0.5, 0.6) is 0 Å². The molecule has 2 N–H and O–H groups in total. The molecule has 2 aromatic carbocycles. The lowest BCUT2D eigenvalue weighted by Gasteiger charge is -2.12. The predicted molar refractivity (Wildman–Crippen MR) is 95.4 cm³/mol. The van der Waals surface area contributed by atoms with Gasteiger partial charge in [0.2, 0.25) is 0 Å². The van der Waals surface area contributed by atoms with Crippen molar-refractivity contribution in [2.75, 3.05) is 10.6 Å². The summed E-state index contributed by atoms with van der Waals surface area (Å²) in [4.78, 5) is 26.5. The van der Waals surface area contributed by atoms with Gasteiger partial charge in [-0.3, -0.25) is 9.59 Å². The number of allylic oxidation sites excluding steroid dienone is 1. The fraction of sp³-hybridized carbons (Fsp3) is 0.0588. The summed E-state index contributed by atoms with van der Waals surface area (Å²) in [6.07, 6.45) is 0. The number of anilines is 2. The molecule has 3 rings (SSSR count). The van der Waals surface area contributed by atoms with Crippen molar-refractivity contribution in [1.82, 2.24) is 0 Å². The van der Waals surface area contributed by atoms with Crippen LogP contribution in [-0.4, -0.2) is 11.1 Å². The zero-order valence-corrected chi connectivity index (χ0v) is 13.8. The Bertz CT molecular complexity index is 831. The normalized spacial score (nSPS) is 16.9. The highest BCUT2D eigenvalue weighted by Crippen LogP contribution is 2.39. The van der Waals surface area contributed by atoms with E-state index in [0.29, 0.717) is 21.3 Å². The second-order valence-electron chi connectivity index (χ2n) is 5.06. The summed E-state index contributed by atoms with van der Waals surface area (Å²) in [7, 11) is 0. The van der Waals surface area contributed by atoms with Gasteiger partial charge in [0.15, 0.2) is 0 Å². The highest BCUT2D eigenvalue weighted by molar-refractivity contribution is 8.19. The van der Waals surface area contributed by atoms with E-state index in [0.717, 1.165) is 27.8 Å². The van der Waals surface area contributed by atoms with Crippen LogP contribution in [-0.2, 0) is 4.79 Å². The first kappa shape index (κ1) is 15.6. The van der Waals surface area contributed by atoms with E-state index in [-0.39, 0.29) is 11.1 Å². The van der Waals surface area contributed by atoms with Crippen molar-refractivity contribution >= 4 is 51.5 Å². The second-order valence-corrected chi connectivity index (χ2v) is 6.46. The third-order valence-corrected chi connectivity index (χ3v) is 4.81. The van der Waals surface area contributed by atoms with Crippen molar-refractivity contribution in [3.05, 3.63) is 64.0 Å². The van der Waals surface area contributed by atoms with E-state index in [2.05, 4.69) is 0 Å². The smallest absolute Gasteiger partial charge is 0.298 e. The van der Waals surface area contributed by atoms with Gasteiger partial charge >= 0.3 is 0 Å². The Morgan fingerprint density at radius 3 is 2.48 bits per heavy atom. The Hall–Kier alpha value is -2.24. The van der Waals surface area contributed by atoms with Gasteiger partial charge < -0.3 is 5.73 Å². The molecule has 0 saturated carbocycles. The van der Waals surface area contributed by atoms with E-state index in [1.54, 1.807) is 36.4 Å². The molecule has 0 spiro atoms. The molecule has 0 unspecified atom stereocenters. The quantitative estimate of drug-likeness (QED) is 0.641. The van der Waals surface area contributed by atoms with E-state index >= 15 is 0 Å². The maximum atomic E-state index is 12.7. The van der Waals surface area contributed by atoms with Gasteiger partial charge in [0.05, 0.1) is 10.6 Å². The summed E-state index contributed by atoms with van der Waals surface area (Å²) in [6, 6.07) is 13.8. The number of carbonyl (C=O) groups is 2. The van der Waals surface area contributed by atoms with Crippen LogP contribution >= 0.6 is 23.4 Å². The molecule has 116 valence electrons. The van der Waals surface area contributed by atoms with Crippen LogP contribution in [0.2, 0.25) is 5.02 Å². The van der Waals surface area contributed by atoms with Crippen molar-refractivity contribution in [3.8, 4) is 0 Å². The van der Waals surface area contributed by atoms with Crippen molar-refractivity contribution in [1.29, 1.82) is 0 Å². The number of halogens is 1. The van der Waals surface area contributed by atoms with Crippen LogP contribution in [0.15, 0.2) is 53.4 Å². The number of amides is 2. The zero-order chi connectivity index (χ0) is 16.6. The minimum absolute atomic E-state index is 0.324. The van der Waals surface area contributed by atoms with Gasteiger partial charge in [-0.2, -0.15) is 0 Å². The molecule has 1 saturated heterocycles. The van der Waals surface area contributed by atoms with Crippen LogP contribution in [0.4, 0.5) is 16.2 Å². The van der Waals surface area contributed by atoms with E-state index in [1.165, 1.54) is 0 Å². The molecule has 1 aliphatic rings. The van der Waals surface area contributed by atoms with Gasteiger partial charge in [-0.05, 0) is 66.2 Å². The number of rotatable bonds is 2. The number of nitrogens with two attached hydrogens (primary N) is 1. The van der Waals surface area contributed by atoms with Gasteiger partial charge in [0.1, 0.15) is 0 Å². The maximum Gasteiger partial charge on any atom is 0.298 e. The summed E-state index contributed by atoms with van der Waals surface area (Å²) in [5.74, 6) is -0.331. The van der Waals surface area contributed by atoms with Gasteiger partial charge in [-0.25, -0.2) is 4.90 Å². The SMILES string of the molecule is C/C(=C1/SC(=O)N(c2ccc(Cl)cc2)C1=O)c1cccc(N)c1. The molecule has 0 radical (unpaired) electrons. The van der Waals surface area contributed by atoms with Gasteiger partial charge in [-0.15, -0.1) is 0 Å². The summed E-state index contributed by atoms with van der Waals surface area (Å²) in [6.45, 7) is 1.81. The van der Waals surface area contributed by atoms with Crippen molar-refractivity contribution in [2.24, 2.45) is 0 Å². The zero-order valence-electron chi connectivity index (χ0n) is 12.2. The van der Waals surface area contributed by atoms with Crippen LogP contribution in [0.25, 0.3) is 5.57 Å². The molecule has 4 nitrogen and oxygen atoms in total. The number of benzene rings is 2. The summed E-state index contributed by atoms with van der Waals surface area (Å²) >= 11 is 6.78. The summed E-state index contributed by atoms with van der Waals surface area (Å²) in [5, 5.41) is 0.225. The lowest BCUT2D eigenvalue weighted by molar-refractivity contribution is -0.113. The van der Waals surface area contributed by atoms with Crippen molar-refractivity contribution < 1.29 is 9.59 Å². The van der Waals surface area contributed by atoms with Crippen LogP contribution in [0.3, 0.4) is 0 Å². The molecular formula is C17H13ClN2O2S. The van der Waals surface area contributed by atoms with Gasteiger partial charge in [0.25, 0.3) is 11.1 Å². The first-order chi connectivity index (χ1) is 11.0. The minimum atomic E-state index is -0.331. The molecule has 2 amide bonds. The average Bonchev–Trinajstić information content (AvgIpc) is 2.82. The first-order valence-electron chi connectivity index (χ1n) is 6.86. The topological polar surface area (TPSA) is 63.4 Å². The Morgan fingerprint density at radius 2 is 1.83 bits per heavy atom. The monoisotopic (exact) mass is 344 g/mol. The van der Waals surface area contributed by atoms with Crippen molar-refractivity contribution in [2.45, 2.75) is 6.92 Å². The maximum absolute atomic E-state index is 12.7. The molecule has 0 atom stereocenters. The number of carbonyl (C=O) groups excluding carboxylic acids is 2. The number of thioether (sulfide) groups is 1. The highest BCUT2D eigenvalue weighted by Gasteiger charge is 2.37. The molecule has 23 heavy (non-hydrogen) atoms. The predicted octanol–water partition coefficient (Wildman–Crippen LogP) is 4.55. The van der Waals surface area contributed by atoms with Gasteiger partial charge in [-0.1, -0.05) is 23.7 Å². The molecule has 0 bridgehead atoms. The van der Waals surface area contributed by atoms with Crippen molar-refractivity contribution in [3.63, 3.8) is 0 Å². The molecule has 2 aromatic rings. The van der Waals surface area contributed by atoms with E-state index in [1.807, 2.05) is 19.1 Å². The average molecular weight is 345 g/mol. The number of hydrogen-bond acceptors (Lipinski definition) is 4. The Balaban J connectivity index is 2.00. The molecular weight excluding hydrogens is 332 g/mol. The third-order valence-electron chi connectivity index (χ3n) is 3.51. The number of nitrogens with zero attached hydrogens (tertiary/aromatic N) is 1. The van der Waals surface area contributed by atoms with Crippen LogP contribution in [0, 0.1) is 0 Å². The largest absolute Gasteiger partial charge is 0.399 e. The van der Waals surface area contributed by atoms with Gasteiger partial charge in [0, 0.05) is 10.7 Å². The number of imide groups is 1. The summed E-state index contributed by atoms with van der Waals surface area (Å²) in [5.41, 5.74) is 8.46. The fourth-order valence-corrected chi connectivity index (χ4v) is 3.34. The van der Waals surface area contributed by atoms with E-state index in [9.17, 15) is 9.59 Å². The molecule has 1 fully saturated rings. The lowest BCUT2D eigenvalue weighted by atomic mass is 10.1. The highest BCUT2D eigenvalue weighted by atomic mass is 35.5. The molecule has 0 aliphatic carbocycles. The Morgan fingerprint density at radius 1 is 1.13 bits per heavy atom. The van der Waals surface area contributed by atoms with E-state index in [4.69, 9.17) is 17.3 Å². The van der Waals surface area contributed by atoms with Crippen LogP contribution in [0.1, 0.15) is 12.5 Å². The lowest BCUT2D eigenvalue weighted by Crippen LogP contribution is -2.27. The number of nitrogen functional groups attached to an aromatic ring is 1. The molecule has 0 aromatic heterocycles. The standard InChI is InChI=1S/C17H13ClN2O2S/c1-10(11-3-2-4-13(19)9-11)15-16(21)20(17(22)23-15)14-7-5-12(18)6-8-14/h2-9H,19H2,1H3/b15-10-. The third kappa shape index (κ3) is 2.98. The molecule has 1 heterocycles. The Labute approximate surface area is 142 Å². The first-order valence-corrected chi connectivity index (χ1v) is 8.05. The van der Waals surface area contributed by atoms with Crippen LogP contribution < -0.4 is 10.6 Å².